The van der Waals surface area contributed by atoms with Gasteiger partial charge in [-0.15, -0.1) is 5.10 Å². The van der Waals surface area contributed by atoms with Crippen LogP contribution in [0.2, 0.25) is 0 Å². The average molecular weight is 372 g/mol. The highest BCUT2D eigenvalue weighted by Crippen LogP contribution is 2.20. The Morgan fingerprint density at radius 3 is 2.62 bits per heavy atom. The fourth-order valence-electron chi connectivity index (χ4n) is 2.35. The molecule has 0 saturated heterocycles. The fourth-order valence-corrected chi connectivity index (χ4v) is 2.90. The maximum absolute atomic E-state index is 12.5. The summed E-state index contributed by atoms with van der Waals surface area (Å²) in [6.45, 7) is 1.91. The lowest BCUT2D eigenvalue weighted by atomic mass is 10.1. The second-order valence-corrected chi connectivity index (χ2v) is 7.41. The predicted octanol–water partition coefficient (Wildman–Crippen LogP) is 1.59. The number of carbonyl (C=O) groups excluding carboxylic acids is 1. The van der Waals surface area contributed by atoms with Gasteiger partial charge in [-0.1, -0.05) is 12.1 Å². The Kier molecular flexibility index (Phi) is 4.67. The van der Waals surface area contributed by atoms with Crippen molar-refractivity contribution in [1.29, 1.82) is 0 Å². The molecule has 0 aliphatic rings. The zero-order valence-electron chi connectivity index (χ0n) is 14.0. The molecular weight excluding hydrogens is 356 g/mol. The number of sulfonamides is 1. The average Bonchev–Trinajstić information content (AvgIpc) is 3.09. The Balaban J connectivity index is 1.82. The van der Waals surface area contributed by atoms with Crippen LogP contribution in [0.15, 0.2) is 48.8 Å². The lowest BCUT2D eigenvalue weighted by Gasteiger charge is -2.10. The number of aryl methyl sites for hydroxylation is 1. The molecule has 0 radical (unpaired) electrons. The third-order valence-corrected chi connectivity index (χ3v) is 4.10. The van der Waals surface area contributed by atoms with Gasteiger partial charge in [0.25, 0.3) is 5.91 Å². The Morgan fingerprint density at radius 1 is 1.12 bits per heavy atom. The van der Waals surface area contributed by atoms with Crippen molar-refractivity contribution in [3.63, 3.8) is 0 Å². The van der Waals surface area contributed by atoms with Crippen LogP contribution < -0.4 is 10.0 Å². The van der Waals surface area contributed by atoms with E-state index >= 15 is 0 Å². The monoisotopic (exact) mass is 372 g/mol. The quantitative estimate of drug-likeness (QED) is 0.702. The zero-order valence-corrected chi connectivity index (χ0v) is 14.9. The molecule has 0 unspecified atom stereocenters. The van der Waals surface area contributed by atoms with Gasteiger partial charge in [0.05, 0.1) is 11.9 Å². The molecule has 2 aromatic carbocycles. The summed E-state index contributed by atoms with van der Waals surface area (Å²) in [4.78, 5) is 12.5. The van der Waals surface area contributed by atoms with E-state index in [1.165, 1.54) is 17.1 Å². The van der Waals surface area contributed by atoms with E-state index in [4.69, 9.17) is 0 Å². The summed E-state index contributed by atoms with van der Waals surface area (Å²) >= 11 is 0. The van der Waals surface area contributed by atoms with Crippen molar-refractivity contribution in [2.24, 2.45) is 0 Å². The summed E-state index contributed by atoms with van der Waals surface area (Å²) in [6, 6.07) is 11.6. The number of hydrogen-bond acceptors (Lipinski definition) is 6. The van der Waals surface area contributed by atoms with Gasteiger partial charge in [0, 0.05) is 16.9 Å². The zero-order chi connectivity index (χ0) is 18.7. The molecule has 1 aromatic heterocycles. The summed E-state index contributed by atoms with van der Waals surface area (Å²) in [6.07, 6.45) is 2.51. The molecule has 134 valence electrons. The Morgan fingerprint density at radius 2 is 1.92 bits per heavy atom. The Bertz CT molecular complexity index is 1050. The molecule has 9 nitrogen and oxygen atoms in total. The lowest BCUT2D eigenvalue weighted by Crippen LogP contribution is -2.14. The van der Waals surface area contributed by atoms with Crippen molar-refractivity contribution in [2.45, 2.75) is 6.92 Å². The highest BCUT2D eigenvalue weighted by atomic mass is 32.2. The van der Waals surface area contributed by atoms with Crippen molar-refractivity contribution < 1.29 is 13.2 Å². The van der Waals surface area contributed by atoms with E-state index in [2.05, 4.69) is 25.6 Å². The molecule has 0 bridgehead atoms. The molecule has 3 rings (SSSR count). The second-order valence-electron chi connectivity index (χ2n) is 5.66. The number of carbonyl (C=O) groups is 1. The largest absolute Gasteiger partial charge is 0.322 e. The molecule has 3 aromatic rings. The smallest absolute Gasteiger partial charge is 0.255 e. The predicted molar refractivity (Wildman–Crippen MR) is 96.8 cm³/mol. The maximum Gasteiger partial charge on any atom is 0.255 e. The first-order valence-corrected chi connectivity index (χ1v) is 9.44. The van der Waals surface area contributed by atoms with Crippen LogP contribution in [-0.2, 0) is 10.0 Å². The van der Waals surface area contributed by atoms with E-state index in [1.807, 2.05) is 13.0 Å². The van der Waals surface area contributed by atoms with Crippen molar-refractivity contribution in [1.82, 2.24) is 20.2 Å². The lowest BCUT2D eigenvalue weighted by molar-refractivity contribution is 0.102. The standard InChI is InChI=1S/C16H16N6O3S/c1-11-6-7-13(9-15(11)22-10-17-20-21-22)18-16(23)12-4-3-5-14(8-12)19-26(2,24)25/h3-10,19H,1-2H3,(H,18,23). The maximum atomic E-state index is 12.5. The molecule has 0 fully saturated rings. The Hall–Kier alpha value is -3.27. The minimum atomic E-state index is -3.42. The molecule has 10 heteroatoms. The van der Waals surface area contributed by atoms with Crippen LogP contribution in [0, 0.1) is 6.92 Å². The topological polar surface area (TPSA) is 119 Å². The summed E-state index contributed by atoms with van der Waals surface area (Å²) < 4.78 is 26.5. The van der Waals surface area contributed by atoms with Crippen LogP contribution in [0.1, 0.15) is 15.9 Å². The normalized spacial score (nSPS) is 11.2. The number of nitrogens with one attached hydrogen (secondary N) is 2. The number of nitrogens with zero attached hydrogens (tertiary/aromatic N) is 4. The van der Waals surface area contributed by atoms with Crippen LogP contribution in [0.4, 0.5) is 11.4 Å². The van der Waals surface area contributed by atoms with Gasteiger partial charge in [-0.05, 0) is 53.2 Å². The van der Waals surface area contributed by atoms with Crippen LogP contribution in [-0.4, -0.2) is 40.8 Å². The van der Waals surface area contributed by atoms with E-state index in [0.717, 1.165) is 17.5 Å². The molecule has 0 spiro atoms. The number of aromatic nitrogens is 4. The van der Waals surface area contributed by atoms with Gasteiger partial charge in [0.15, 0.2) is 0 Å². The van der Waals surface area contributed by atoms with Gasteiger partial charge in [-0.2, -0.15) is 0 Å². The molecule has 0 atom stereocenters. The highest BCUT2D eigenvalue weighted by molar-refractivity contribution is 7.92. The van der Waals surface area contributed by atoms with Crippen LogP contribution in [0.25, 0.3) is 5.69 Å². The first kappa shape index (κ1) is 17.5. The SMILES string of the molecule is Cc1ccc(NC(=O)c2cccc(NS(C)(=O)=O)c2)cc1-n1cnnn1. The van der Waals surface area contributed by atoms with Crippen LogP contribution >= 0.6 is 0 Å². The molecule has 0 aliphatic carbocycles. The summed E-state index contributed by atoms with van der Waals surface area (Å²) in [5.41, 5.74) is 2.88. The van der Waals surface area contributed by atoms with E-state index in [9.17, 15) is 13.2 Å². The summed E-state index contributed by atoms with van der Waals surface area (Å²) in [5.74, 6) is -0.367. The molecule has 2 N–H and O–H groups in total. The Labute approximate surface area is 150 Å². The summed E-state index contributed by atoms with van der Waals surface area (Å²) in [5, 5.41) is 13.8. The third-order valence-electron chi connectivity index (χ3n) is 3.49. The molecule has 1 amide bonds. The second kappa shape index (κ2) is 6.92. The van der Waals surface area contributed by atoms with Crippen molar-refractivity contribution in [2.75, 3.05) is 16.3 Å². The first-order valence-electron chi connectivity index (χ1n) is 7.55. The molecule has 0 saturated carbocycles. The number of hydrogen-bond donors (Lipinski definition) is 2. The van der Waals surface area contributed by atoms with Crippen LogP contribution in [0.3, 0.4) is 0 Å². The van der Waals surface area contributed by atoms with E-state index < -0.39 is 10.0 Å². The van der Waals surface area contributed by atoms with Gasteiger partial charge < -0.3 is 5.32 Å². The van der Waals surface area contributed by atoms with Gasteiger partial charge in [0.2, 0.25) is 10.0 Å². The minimum Gasteiger partial charge on any atom is -0.322 e. The van der Waals surface area contributed by atoms with Gasteiger partial charge in [-0.3, -0.25) is 9.52 Å². The van der Waals surface area contributed by atoms with Gasteiger partial charge >= 0.3 is 0 Å². The number of anilines is 2. The minimum absolute atomic E-state index is 0.318. The first-order chi connectivity index (χ1) is 12.3. The van der Waals surface area contributed by atoms with Crippen LogP contribution in [0.5, 0.6) is 0 Å². The fraction of sp³-hybridized carbons (Fsp3) is 0.125. The number of benzene rings is 2. The molecular formula is C16H16N6O3S. The van der Waals surface area contributed by atoms with Crippen molar-refractivity contribution in [3.8, 4) is 5.69 Å². The van der Waals surface area contributed by atoms with E-state index in [0.29, 0.717) is 16.9 Å². The van der Waals surface area contributed by atoms with Crippen molar-refractivity contribution in [3.05, 3.63) is 59.9 Å². The van der Waals surface area contributed by atoms with Gasteiger partial charge in [-0.25, -0.2) is 13.1 Å². The van der Waals surface area contributed by atoms with E-state index in [1.54, 1.807) is 30.3 Å². The molecule has 1 heterocycles. The summed E-state index contributed by atoms with van der Waals surface area (Å²) in [7, 11) is -3.42. The molecule has 26 heavy (non-hydrogen) atoms. The van der Waals surface area contributed by atoms with Crippen molar-refractivity contribution >= 4 is 27.3 Å². The number of rotatable bonds is 5. The highest BCUT2D eigenvalue weighted by Gasteiger charge is 2.10. The van der Waals surface area contributed by atoms with E-state index in [-0.39, 0.29) is 5.91 Å². The van der Waals surface area contributed by atoms with Gasteiger partial charge in [0.1, 0.15) is 6.33 Å². The molecule has 0 aliphatic heterocycles. The number of amides is 1. The third kappa shape index (κ3) is 4.22. The number of tetrazole rings is 1.